The van der Waals surface area contributed by atoms with Crippen molar-refractivity contribution in [2.45, 2.75) is 6.10 Å². The van der Waals surface area contributed by atoms with Crippen molar-refractivity contribution in [1.82, 2.24) is 9.97 Å². The van der Waals surface area contributed by atoms with Gasteiger partial charge in [0.25, 0.3) is 0 Å². The molecule has 0 amide bonds. The fraction of sp³-hybridized carbons (Fsp3) is 0.0714. The first-order valence-corrected chi connectivity index (χ1v) is 6.12. The van der Waals surface area contributed by atoms with E-state index in [0.29, 0.717) is 10.7 Å². The number of pyridine rings is 1. The van der Waals surface area contributed by atoms with Crippen LogP contribution in [0.1, 0.15) is 17.2 Å². The van der Waals surface area contributed by atoms with E-state index in [0.717, 1.165) is 16.5 Å². The monoisotopic (exact) mass is 274 g/mol. The van der Waals surface area contributed by atoms with Crippen LogP contribution in [0.25, 0.3) is 10.9 Å². The number of phenolic OH excluding ortho intramolecular Hbond substituents is 1. The zero-order valence-electron chi connectivity index (χ0n) is 9.84. The Labute approximate surface area is 114 Å². The van der Waals surface area contributed by atoms with Crippen molar-refractivity contribution in [2.24, 2.45) is 0 Å². The second kappa shape index (κ2) is 4.57. The normalized spacial score (nSPS) is 12.7. The summed E-state index contributed by atoms with van der Waals surface area (Å²) in [7, 11) is 0. The van der Waals surface area contributed by atoms with Crippen LogP contribution in [0.5, 0.6) is 5.75 Å². The molecule has 0 spiro atoms. The van der Waals surface area contributed by atoms with E-state index in [4.69, 9.17) is 11.6 Å². The third-order valence-corrected chi connectivity index (χ3v) is 3.27. The minimum absolute atomic E-state index is 0.169. The molecule has 0 radical (unpaired) electrons. The van der Waals surface area contributed by atoms with Gasteiger partial charge in [0.05, 0.1) is 11.7 Å². The Balaban J connectivity index is 2.08. The number of nitrogens with zero attached hydrogens (tertiary/aromatic N) is 1. The number of halogens is 1. The number of nitrogens with one attached hydrogen (secondary N) is 1. The summed E-state index contributed by atoms with van der Waals surface area (Å²) in [5.41, 5.74) is 2.24. The number of hydrogen-bond donors (Lipinski definition) is 3. The fourth-order valence-corrected chi connectivity index (χ4v) is 2.24. The highest BCUT2D eigenvalue weighted by Gasteiger charge is 2.15. The molecule has 0 bridgehead atoms. The van der Waals surface area contributed by atoms with Crippen molar-refractivity contribution >= 4 is 22.5 Å². The number of aliphatic hydroxyl groups is 1. The van der Waals surface area contributed by atoms with Gasteiger partial charge in [-0.05, 0) is 23.8 Å². The number of aliphatic hydroxyl groups excluding tert-OH is 1. The third-order valence-electron chi connectivity index (χ3n) is 3.07. The van der Waals surface area contributed by atoms with Gasteiger partial charge in [0.1, 0.15) is 17.0 Å². The van der Waals surface area contributed by atoms with Gasteiger partial charge in [-0.15, -0.1) is 0 Å². The average Bonchev–Trinajstić information content (AvgIpc) is 2.81. The summed E-state index contributed by atoms with van der Waals surface area (Å²) in [6, 6.07) is 8.17. The van der Waals surface area contributed by atoms with E-state index in [2.05, 4.69) is 9.97 Å². The molecule has 2 aromatic heterocycles. The van der Waals surface area contributed by atoms with Gasteiger partial charge in [-0.3, -0.25) is 0 Å². The number of fused-ring (bicyclic) bond motifs is 1. The molecule has 1 atom stereocenters. The average molecular weight is 275 g/mol. The van der Waals surface area contributed by atoms with Crippen LogP contribution >= 0.6 is 11.6 Å². The first-order valence-electron chi connectivity index (χ1n) is 5.74. The number of benzene rings is 1. The van der Waals surface area contributed by atoms with Gasteiger partial charge in [-0.1, -0.05) is 23.7 Å². The van der Waals surface area contributed by atoms with Crippen molar-refractivity contribution in [2.75, 3.05) is 0 Å². The van der Waals surface area contributed by atoms with E-state index in [-0.39, 0.29) is 5.75 Å². The Morgan fingerprint density at radius 3 is 2.68 bits per heavy atom. The molecule has 0 fully saturated rings. The van der Waals surface area contributed by atoms with E-state index in [9.17, 15) is 10.2 Å². The summed E-state index contributed by atoms with van der Waals surface area (Å²) >= 11 is 5.88. The summed E-state index contributed by atoms with van der Waals surface area (Å²) < 4.78 is 0. The summed E-state index contributed by atoms with van der Waals surface area (Å²) in [5, 5.41) is 20.9. The Bertz CT molecular complexity index is 722. The van der Waals surface area contributed by atoms with Crippen molar-refractivity contribution < 1.29 is 10.2 Å². The number of hydrogen-bond acceptors (Lipinski definition) is 3. The van der Waals surface area contributed by atoms with Crippen LogP contribution in [0.3, 0.4) is 0 Å². The zero-order valence-corrected chi connectivity index (χ0v) is 10.6. The maximum atomic E-state index is 10.4. The summed E-state index contributed by atoms with van der Waals surface area (Å²) in [4.78, 5) is 7.03. The smallest absolute Gasteiger partial charge is 0.129 e. The molecule has 3 N–H and O–H groups in total. The number of aromatic amines is 1. The quantitative estimate of drug-likeness (QED) is 0.629. The number of rotatable bonds is 2. The molecular formula is C14H11ClN2O2. The van der Waals surface area contributed by atoms with Gasteiger partial charge in [-0.2, -0.15) is 0 Å². The van der Waals surface area contributed by atoms with E-state index in [1.165, 1.54) is 0 Å². The van der Waals surface area contributed by atoms with E-state index in [1.54, 1.807) is 42.7 Å². The Morgan fingerprint density at radius 1 is 1.21 bits per heavy atom. The van der Waals surface area contributed by atoms with E-state index < -0.39 is 6.10 Å². The maximum Gasteiger partial charge on any atom is 0.129 e. The maximum absolute atomic E-state index is 10.4. The Kier molecular flexibility index (Phi) is 2.89. The number of H-pyrrole nitrogens is 1. The second-order valence-electron chi connectivity index (χ2n) is 4.29. The molecule has 4 nitrogen and oxygen atoms in total. The topological polar surface area (TPSA) is 69.1 Å². The highest BCUT2D eigenvalue weighted by atomic mass is 35.5. The lowest BCUT2D eigenvalue weighted by atomic mass is 10.0. The molecule has 0 saturated heterocycles. The van der Waals surface area contributed by atoms with Gasteiger partial charge < -0.3 is 15.2 Å². The largest absolute Gasteiger partial charge is 0.508 e. The van der Waals surface area contributed by atoms with Crippen LogP contribution in [-0.2, 0) is 0 Å². The van der Waals surface area contributed by atoms with Crippen LogP contribution in [0, 0.1) is 0 Å². The summed E-state index contributed by atoms with van der Waals surface area (Å²) in [5.74, 6) is 0.169. The van der Waals surface area contributed by atoms with E-state index in [1.807, 2.05) is 0 Å². The van der Waals surface area contributed by atoms with Gasteiger partial charge >= 0.3 is 0 Å². The van der Waals surface area contributed by atoms with E-state index >= 15 is 0 Å². The standard InChI is InChI=1S/C14H11ClN2O2/c15-13-5-10-11(6-16-12(10)7-17-13)14(19)8-1-3-9(18)4-2-8/h1-7,14,16,18-19H. The summed E-state index contributed by atoms with van der Waals surface area (Å²) in [6.07, 6.45) is 2.58. The Hall–Kier alpha value is -2.04. The second-order valence-corrected chi connectivity index (χ2v) is 4.68. The molecule has 1 unspecified atom stereocenters. The van der Waals surface area contributed by atoms with Gasteiger partial charge in [-0.25, -0.2) is 4.98 Å². The molecule has 19 heavy (non-hydrogen) atoms. The molecule has 2 heterocycles. The minimum Gasteiger partial charge on any atom is -0.508 e. The van der Waals surface area contributed by atoms with Crippen molar-refractivity contribution in [3.05, 3.63) is 59.0 Å². The van der Waals surface area contributed by atoms with Gasteiger partial charge in [0.2, 0.25) is 0 Å². The molecule has 96 valence electrons. The summed E-state index contributed by atoms with van der Waals surface area (Å²) in [6.45, 7) is 0. The highest BCUT2D eigenvalue weighted by Crippen LogP contribution is 2.30. The molecule has 0 aliphatic heterocycles. The van der Waals surface area contributed by atoms with Gasteiger partial charge in [0.15, 0.2) is 0 Å². The minimum atomic E-state index is -0.784. The van der Waals surface area contributed by atoms with Crippen LogP contribution in [0.4, 0.5) is 0 Å². The number of phenols is 1. The first kappa shape index (κ1) is 12.0. The lowest BCUT2D eigenvalue weighted by Gasteiger charge is -2.10. The lowest BCUT2D eigenvalue weighted by molar-refractivity contribution is 0.222. The van der Waals surface area contributed by atoms with Crippen LogP contribution < -0.4 is 0 Å². The lowest BCUT2D eigenvalue weighted by Crippen LogP contribution is -1.98. The van der Waals surface area contributed by atoms with Crippen LogP contribution in [0.2, 0.25) is 5.15 Å². The first-order chi connectivity index (χ1) is 9.15. The molecule has 0 saturated carbocycles. The molecule has 1 aromatic carbocycles. The third kappa shape index (κ3) is 2.16. The Morgan fingerprint density at radius 2 is 1.95 bits per heavy atom. The van der Waals surface area contributed by atoms with Crippen LogP contribution in [-0.4, -0.2) is 20.2 Å². The number of aromatic hydroxyl groups is 1. The molecule has 0 aliphatic rings. The van der Waals surface area contributed by atoms with Gasteiger partial charge in [0, 0.05) is 17.1 Å². The highest BCUT2D eigenvalue weighted by molar-refractivity contribution is 6.30. The van der Waals surface area contributed by atoms with Crippen LogP contribution in [0.15, 0.2) is 42.7 Å². The zero-order chi connectivity index (χ0) is 13.4. The predicted octanol–water partition coefficient (Wildman–Crippen LogP) is 3.00. The SMILES string of the molecule is Oc1ccc(C(O)c2c[nH]c3cnc(Cl)cc23)cc1. The molecular weight excluding hydrogens is 264 g/mol. The molecule has 3 aromatic rings. The van der Waals surface area contributed by atoms with Crippen molar-refractivity contribution in [3.8, 4) is 5.75 Å². The molecule has 5 heteroatoms. The molecule has 3 rings (SSSR count). The predicted molar refractivity (Wildman–Crippen MR) is 73.3 cm³/mol. The molecule has 0 aliphatic carbocycles. The van der Waals surface area contributed by atoms with Crippen molar-refractivity contribution in [3.63, 3.8) is 0 Å². The number of aromatic nitrogens is 2. The fourth-order valence-electron chi connectivity index (χ4n) is 2.08. The van der Waals surface area contributed by atoms with Crippen molar-refractivity contribution in [1.29, 1.82) is 0 Å².